The average molecular weight is 356 g/mol. The highest BCUT2D eigenvalue weighted by atomic mass is 32.2. The summed E-state index contributed by atoms with van der Waals surface area (Å²) in [7, 11) is -1.28. The normalized spacial score (nSPS) is 19.0. The predicted octanol–water partition coefficient (Wildman–Crippen LogP) is 0.357. The minimum atomic E-state index is -2.88. The van der Waals surface area contributed by atoms with E-state index < -0.39 is 9.84 Å². The van der Waals surface area contributed by atoms with Gasteiger partial charge in [0.1, 0.15) is 18.1 Å². The third kappa shape index (κ3) is 6.37. The van der Waals surface area contributed by atoms with Crippen molar-refractivity contribution in [2.75, 3.05) is 38.3 Å². The summed E-state index contributed by atoms with van der Waals surface area (Å²) in [6.45, 7) is 1.28. The number of amides is 1. The zero-order valence-corrected chi connectivity index (χ0v) is 14.6. The Kier molecular flexibility index (Phi) is 6.86. The van der Waals surface area contributed by atoms with Gasteiger partial charge in [-0.05, 0) is 30.7 Å². The predicted molar refractivity (Wildman–Crippen MR) is 91.2 cm³/mol. The second kappa shape index (κ2) is 8.89. The van der Waals surface area contributed by atoms with Gasteiger partial charge >= 0.3 is 0 Å². The number of ether oxygens (including phenoxy) is 2. The number of carbonyl (C=O) groups excluding carboxylic acids is 1. The summed E-state index contributed by atoms with van der Waals surface area (Å²) in [5.41, 5.74) is 0. The number of hydrogen-bond donors (Lipinski definition) is 2. The van der Waals surface area contributed by atoms with E-state index in [1.165, 1.54) is 0 Å². The summed E-state index contributed by atoms with van der Waals surface area (Å²) < 4.78 is 33.2. The molecule has 1 amide bonds. The van der Waals surface area contributed by atoms with Gasteiger partial charge in [0, 0.05) is 19.0 Å². The maximum absolute atomic E-state index is 11.7. The van der Waals surface area contributed by atoms with E-state index in [1.54, 1.807) is 19.2 Å². The van der Waals surface area contributed by atoms with Crippen molar-refractivity contribution in [2.45, 2.75) is 18.9 Å². The Labute approximate surface area is 142 Å². The van der Waals surface area contributed by atoms with Crippen LogP contribution in [-0.2, 0) is 14.6 Å². The molecule has 2 N–H and O–H groups in total. The van der Waals surface area contributed by atoms with Crippen molar-refractivity contribution < 1.29 is 22.7 Å². The van der Waals surface area contributed by atoms with Crippen molar-refractivity contribution in [3.05, 3.63) is 24.3 Å². The first-order valence-corrected chi connectivity index (χ1v) is 9.78. The Hall–Kier alpha value is -1.80. The molecule has 1 heterocycles. The summed E-state index contributed by atoms with van der Waals surface area (Å²) in [6.07, 6.45) is 0.943. The fourth-order valence-electron chi connectivity index (χ4n) is 2.47. The van der Waals surface area contributed by atoms with Gasteiger partial charge in [0.05, 0.1) is 25.2 Å². The van der Waals surface area contributed by atoms with Crippen molar-refractivity contribution in [3.63, 3.8) is 0 Å². The zero-order chi connectivity index (χ0) is 17.4. The van der Waals surface area contributed by atoms with Gasteiger partial charge in [-0.15, -0.1) is 0 Å². The molecular formula is C16H24N2O5S. The Morgan fingerprint density at radius 1 is 1.21 bits per heavy atom. The molecule has 0 saturated carbocycles. The van der Waals surface area contributed by atoms with Crippen molar-refractivity contribution >= 4 is 15.7 Å². The van der Waals surface area contributed by atoms with Gasteiger partial charge < -0.3 is 20.1 Å². The average Bonchev–Trinajstić information content (AvgIpc) is 2.91. The largest absolute Gasteiger partial charge is 0.497 e. The lowest BCUT2D eigenvalue weighted by molar-refractivity contribution is -0.121. The molecule has 0 aromatic heterocycles. The molecule has 24 heavy (non-hydrogen) atoms. The molecule has 7 nitrogen and oxygen atoms in total. The maximum atomic E-state index is 11.7. The second-order valence-electron chi connectivity index (χ2n) is 5.68. The smallest absolute Gasteiger partial charge is 0.221 e. The Bertz CT molecular complexity index is 630. The fraction of sp³-hybridized carbons (Fsp3) is 0.562. The number of benzene rings is 1. The van der Waals surface area contributed by atoms with E-state index in [0.29, 0.717) is 38.3 Å². The minimum absolute atomic E-state index is 0.0267. The van der Waals surface area contributed by atoms with Gasteiger partial charge in [-0.3, -0.25) is 4.79 Å². The van der Waals surface area contributed by atoms with E-state index in [4.69, 9.17) is 9.47 Å². The Morgan fingerprint density at radius 3 is 2.54 bits per heavy atom. The van der Waals surface area contributed by atoms with E-state index in [0.717, 1.165) is 5.75 Å². The highest BCUT2D eigenvalue weighted by Crippen LogP contribution is 2.16. The third-order valence-electron chi connectivity index (χ3n) is 3.77. The molecule has 1 aliphatic heterocycles. The number of carbonyl (C=O) groups is 1. The molecule has 0 aliphatic carbocycles. The van der Waals surface area contributed by atoms with Gasteiger partial charge in [0.2, 0.25) is 5.91 Å². The number of methoxy groups -OCH3 is 1. The molecule has 0 bridgehead atoms. The Morgan fingerprint density at radius 2 is 1.92 bits per heavy atom. The molecule has 1 saturated heterocycles. The molecule has 1 aliphatic rings. The molecule has 1 fully saturated rings. The molecule has 2 rings (SSSR count). The first kappa shape index (κ1) is 18.5. The summed E-state index contributed by atoms with van der Waals surface area (Å²) in [5, 5.41) is 5.88. The van der Waals surface area contributed by atoms with Crippen molar-refractivity contribution in [1.29, 1.82) is 0 Å². The molecule has 1 aromatic rings. The molecule has 1 aromatic carbocycles. The quantitative estimate of drug-likeness (QED) is 0.621. The molecule has 1 unspecified atom stereocenters. The highest BCUT2D eigenvalue weighted by molar-refractivity contribution is 7.91. The molecular weight excluding hydrogens is 332 g/mol. The van der Waals surface area contributed by atoms with Crippen LogP contribution in [0.1, 0.15) is 12.8 Å². The molecule has 8 heteroatoms. The lowest BCUT2D eigenvalue weighted by Gasteiger charge is -2.11. The summed E-state index contributed by atoms with van der Waals surface area (Å²) in [5.74, 6) is 1.80. The Balaban J connectivity index is 1.53. The number of sulfone groups is 1. The minimum Gasteiger partial charge on any atom is -0.497 e. The molecule has 134 valence electrons. The van der Waals surface area contributed by atoms with Gasteiger partial charge in [0.15, 0.2) is 9.84 Å². The van der Waals surface area contributed by atoms with Crippen LogP contribution in [0.2, 0.25) is 0 Å². The standard InChI is InChI=1S/C16H24N2O5S/c1-22-14-2-4-15(5-3-14)23-10-9-18-16(19)6-8-17-13-7-11-24(20,21)12-13/h2-5,13,17H,6-12H2,1H3,(H,18,19). The lowest BCUT2D eigenvalue weighted by atomic mass is 10.2. The summed E-state index contributed by atoms with van der Waals surface area (Å²) in [6, 6.07) is 7.20. The van der Waals surface area contributed by atoms with Crippen LogP contribution in [0.25, 0.3) is 0 Å². The first-order valence-electron chi connectivity index (χ1n) is 7.96. The maximum Gasteiger partial charge on any atom is 0.221 e. The monoisotopic (exact) mass is 356 g/mol. The number of hydrogen-bond acceptors (Lipinski definition) is 6. The van der Waals surface area contributed by atoms with Crippen molar-refractivity contribution in [3.8, 4) is 11.5 Å². The van der Waals surface area contributed by atoms with Crippen molar-refractivity contribution in [1.82, 2.24) is 10.6 Å². The van der Waals surface area contributed by atoms with Crippen LogP contribution in [-0.4, -0.2) is 58.7 Å². The topological polar surface area (TPSA) is 93.7 Å². The first-order chi connectivity index (χ1) is 11.5. The fourth-order valence-corrected chi connectivity index (χ4v) is 4.17. The van der Waals surface area contributed by atoms with Crippen LogP contribution < -0.4 is 20.1 Å². The number of rotatable bonds is 9. The number of nitrogens with one attached hydrogen (secondary N) is 2. The molecule has 0 radical (unpaired) electrons. The van der Waals surface area contributed by atoms with E-state index in [9.17, 15) is 13.2 Å². The second-order valence-corrected chi connectivity index (χ2v) is 7.91. The summed E-state index contributed by atoms with van der Waals surface area (Å²) >= 11 is 0. The van der Waals surface area contributed by atoms with E-state index in [-0.39, 0.29) is 23.5 Å². The zero-order valence-electron chi connectivity index (χ0n) is 13.8. The van der Waals surface area contributed by atoms with Crippen LogP contribution >= 0.6 is 0 Å². The highest BCUT2D eigenvalue weighted by Gasteiger charge is 2.27. The van der Waals surface area contributed by atoms with Crippen LogP contribution in [0.15, 0.2) is 24.3 Å². The van der Waals surface area contributed by atoms with E-state index in [2.05, 4.69) is 10.6 Å². The van der Waals surface area contributed by atoms with Gasteiger partial charge in [0.25, 0.3) is 0 Å². The van der Waals surface area contributed by atoms with Crippen LogP contribution in [0.5, 0.6) is 11.5 Å². The third-order valence-corrected chi connectivity index (χ3v) is 5.54. The van der Waals surface area contributed by atoms with Crippen LogP contribution in [0.4, 0.5) is 0 Å². The summed E-state index contributed by atoms with van der Waals surface area (Å²) in [4.78, 5) is 11.7. The van der Waals surface area contributed by atoms with Gasteiger partial charge in [-0.25, -0.2) is 8.42 Å². The van der Waals surface area contributed by atoms with Crippen LogP contribution in [0.3, 0.4) is 0 Å². The molecule has 1 atom stereocenters. The molecule has 0 spiro atoms. The van der Waals surface area contributed by atoms with Crippen molar-refractivity contribution in [2.24, 2.45) is 0 Å². The van der Waals surface area contributed by atoms with Crippen LogP contribution in [0, 0.1) is 0 Å². The SMILES string of the molecule is COc1ccc(OCCNC(=O)CCNC2CCS(=O)(=O)C2)cc1. The van der Waals surface area contributed by atoms with E-state index in [1.807, 2.05) is 12.1 Å². The van der Waals surface area contributed by atoms with Gasteiger partial charge in [-0.1, -0.05) is 0 Å². The lowest BCUT2D eigenvalue weighted by Crippen LogP contribution is -2.35. The van der Waals surface area contributed by atoms with Gasteiger partial charge in [-0.2, -0.15) is 0 Å². The van der Waals surface area contributed by atoms with E-state index >= 15 is 0 Å².